The van der Waals surface area contributed by atoms with Crippen molar-refractivity contribution in [3.63, 3.8) is 0 Å². The van der Waals surface area contributed by atoms with Crippen molar-refractivity contribution in [2.24, 2.45) is 0 Å². The molecule has 0 bridgehead atoms. The fourth-order valence-corrected chi connectivity index (χ4v) is 3.30. The van der Waals surface area contributed by atoms with Crippen LogP contribution in [0.2, 0.25) is 0 Å². The first-order valence-electron chi connectivity index (χ1n) is 6.13. The molecule has 3 heterocycles. The first-order valence-corrected chi connectivity index (χ1v) is 7.01. The van der Waals surface area contributed by atoms with Crippen molar-refractivity contribution in [3.8, 4) is 0 Å². The van der Waals surface area contributed by atoms with Crippen molar-refractivity contribution >= 4 is 27.5 Å². The third-order valence-electron chi connectivity index (χ3n) is 3.53. The SMILES string of the molecule is CC1CCCCN1C(=O)c1cc2sccc2[nH]1. The van der Waals surface area contributed by atoms with Crippen LogP contribution in [0.4, 0.5) is 0 Å². The van der Waals surface area contributed by atoms with Gasteiger partial charge in [-0.2, -0.15) is 0 Å². The zero-order valence-electron chi connectivity index (χ0n) is 9.90. The summed E-state index contributed by atoms with van der Waals surface area (Å²) in [7, 11) is 0. The summed E-state index contributed by atoms with van der Waals surface area (Å²) in [5.41, 5.74) is 1.81. The van der Waals surface area contributed by atoms with Crippen molar-refractivity contribution in [2.75, 3.05) is 6.54 Å². The number of fused-ring (bicyclic) bond motifs is 1. The molecule has 17 heavy (non-hydrogen) atoms. The lowest BCUT2D eigenvalue weighted by atomic mass is 10.0. The van der Waals surface area contributed by atoms with Gasteiger partial charge in [-0.25, -0.2) is 0 Å². The number of piperidine rings is 1. The van der Waals surface area contributed by atoms with E-state index in [9.17, 15) is 4.79 Å². The van der Waals surface area contributed by atoms with Gasteiger partial charge in [0.25, 0.3) is 5.91 Å². The van der Waals surface area contributed by atoms with Crippen LogP contribution in [0.3, 0.4) is 0 Å². The largest absolute Gasteiger partial charge is 0.350 e. The van der Waals surface area contributed by atoms with Crippen molar-refractivity contribution in [2.45, 2.75) is 32.2 Å². The number of nitrogens with zero attached hydrogens (tertiary/aromatic N) is 1. The fraction of sp³-hybridized carbons (Fsp3) is 0.462. The van der Waals surface area contributed by atoms with E-state index in [1.165, 1.54) is 6.42 Å². The van der Waals surface area contributed by atoms with E-state index >= 15 is 0 Å². The molecule has 1 aliphatic heterocycles. The van der Waals surface area contributed by atoms with E-state index in [1.54, 1.807) is 11.3 Å². The molecule has 0 radical (unpaired) electrons. The molecule has 1 amide bonds. The standard InChI is InChI=1S/C13H16N2OS/c1-9-4-2-3-6-15(9)13(16)11-8-12-10(14-11)5-7-17-12/h5,7-9,14H,2-4,6H2,1H3. The maximum atomic E-state index is 12.4. The Kier molecular flexibility index (Phi) is 2.67. The number of aromatic amines is 1. The summed E-state index contributed by atoms with van der Waals surface area (Å²) in [4.78, 5) is 17.6. The predicted octanol–water partition coefficient (Wildman–Crippen LogP) is 3.24. The van der Waals surface area contributed by atoms with Crippen LogP contribution in [-0.2, 0) is 0 Å². The zero-order chi connectivity index (χ0) is 11.8. The first kappa shape index (κ1) is 10.8. The van der Waals surface area contributed by atoms with Gasteiger partial charge in [-0.05, 0) is 43.7 Å². The van der Waals surface area contributed by atoms with E-state index in [-0.39, 0.29) is 5.91 Å². The summed E-state index contributed by atoms with van der Waals surface area (Å²) in [6, 6.07) is 4.37. The first-order chi connectivity index (χ1) is 8.25. The highest BCUT2D eigenvalue weighted by molar-refractivity contribution is 7.17. The molecule has 1 fully saturated rings. The summed E-state index contributed by atoms with van der Waals surface area (Å²) in [5.74, 6) is 0.153. The number of amides is 1. The molecule has 2 aromatic rings. The van der Waals surface area contributed by atoms with Gasteiger partial charge in [-0.3, -0.25) is 4.79 Å². The molecular weight excluding hydrogens is 232 g/mol. The Hall–Kier alpha value is -1.29. The third-order valence-corrected chi connectivity index (χ3v) is 4.40. The average Bonchev–Trinajstić information content (AvgIpc) is 2.88. The minimum atomic E-state index is 0.153. The molecule has 1 aliphatic rings. The molecule has 0 saturated carbocycles. The van der Waals surface area contributed by atoms with Gasteiger partial charge < -0.3 is 9.88 Å². The zero-order valence-corrected chi connectivity index (χ0v) is 10.7. The average molecular weight is 248 g/mol. The van der Waals surface area contributed by atoms with Crippen LogP contribution in [0.25, 0.3) is 10.2 Å². The van der Waals surface area contributed by atoms with Gasteiger partial charge in [0, 0.05) is 12.6 Å². The molecule has 4 heteroatoms. The molecule has 0 aliphatic carbocycles. The lowest BCUT2D eigenvalue weighted by Crippen LogP contribution is -2.42. The van der Waals surface area contributed by atoms with Gasteiger partial charge in [0.05, 0.1) is 10.2 Å². The number of nitrogens with one attached hydrogen (secondary N) is 1. The van der Waals surface area contributed by atoms with Gasteiger partial charge in [0.15, 0.2) is 0 Å². The smallest absolute Gasteiger partial charge is 0.270 e. The molecule has 1 saturated heterocycles. The molecule has 1 atom stereocenters. The number of carbonyl (C=O) groups excluding carboxylic acids is 1. The lowest BCUT2D eigenvalue weighted by Gasteiger charge is -2.33. The third kappa shape index (κ3) is 1.86. The molecule has 90 valence electrons. The number of hydrogen-bond donors (Lipinski definition) is 1. The summed E-state index contributed by atoms with van der Waals surface area (Å²) < 4.78 is 1.16. The number of aromatic nitrogens is 1. The van der Waals surface area contributed by atoms with E-state index in [0.717, 1.165) is 35.3 Å². The summed E-state index contributed by atoms with van der Waals surface area (Å²) in [5, 5.41) is 2.04. The van der Waals surface area contributed by atoms with Gasteiger partial charge >= 0.3 is 0 Å². The molecular formula is C13H16N2OS. The second kappa shape index (κ2) is 4.18. The normalized spacial score (nSPS) is 21.0. The van der Waals surface area contributed by atoms with Crippen molar-refractivity contribution in [1.29, 1.82) is 0 Å². The Balaban J connectivity index is 1.88. The van der Waals surface area contributed by atoms with Gasteiger partial charge in [0.1, 0.15) is 5.69 Å². The monoisotopic (exact) mass is 248 g/mol. The highest BCUT2D eigenvalue weighted by Gasteiger charge is 2.25. The number of thiophene rings is 1. The number of likely N-dealkylation sites (tertiary alicyclic amines) is 1. The van der Waals surface area contributed by atoms with E-state index in [1.807, 2.05) is 22.4 Å². The number of carbonyl (C=O) groups is 1. The summed E-state index contributed by atoms with van der Waals surface area (Å²) in [6.45, 7) is 3.04. The van der Waals surface area contributed by atoms with Crippen molar-refractivity contribution < 1.29 is 4.79 Å². The highest BCUT2D eigenvalue weighted by Crippen LogP contribution is 2.24. The molecule has 1 unspecified atom stereocenters. The van der Waals surface area contributed by atoms with E-state index in [2.05, 4.69) is 11.9 Å². The van der Waals surface area contributed by atoms with Crippen LogP contribution in [0.5, 0.6) is 0 Å². The van der Waals surface area contributed by atoms with E-state index in [0.29, 0.717) is 6.04 Å². The Morgan fingerprint density at radius 3 is 3.18 bits per heavy atom. The maximum Gasteiger partial charge on any atom is 0.270 e. The Morgan fingerprint density at radius 1 is 1.53 bits per heavy atom. The van der Waals surface area contributed by atoms with E-state index < -0.39 is 0 Å². The lowest BCUT2D eigenvalue weighted by molar-refractivity contribution is 0.0630. The molecule has 1 N–H and O–H groups in total. The maximum absolute atomic E-state index is 12.4. The van der Waals surface area contributed by atoms with Crippen molar-refractivity contribution in [3.05, 3.63) is 23.2 Å². The Bertz CT molecular complexity index is 514. The van der Waals surface area contributed by atoms with Gasteiger partial charge in [0.2, 0.25) is 0 Å². The number of hydrogen-bond acceptors (Lipinski definition) is 2. The molecule has 3 rings (SSSR count). The second-order valence-corrected chi connectivity index (χ2v) is 5.67. The molecule has 2 aromatic heterocycles. The van der Waals surface area contributed by atoms with Crippen LogP contribution in [0.15, 0.2) is 17.5 Å². The minimum absolute atomic E-state index is 0.153. The van der Waals surface area contributed by atoms with Crippen LogP contribution in [0.1, 0.15) is 36.7 Å². The topological polar surface area (TPSA) is 36.1 Å². The quantitative estimate of drug-likeness (QED) is 0.826. The van der Waals surface area contributed by atoms with Crippen LogP contribution in [-0.4, -0.2) is 28.4 Å². The van der Waals surface area contributed by atoms with Crippen LogP contribution < -0.4 is 0 Å². The fourth-order valence-electron chi connectivity index (χ4n) is 2.52. The Morgan fingerprint density at radius 2 is 2.41 bits per heavy atom. The van der Waals surface area contributed by atoms with Crippen LogP contribution >= 0.6 is 11.3 Å². The Labute approximate surface area is 104 Å². The number of H-pyrrole nitrogens is 1. The molecule has 3 nitrogen and oxygen atoms in total. The summed E-state index contributed by atoms with van der Waals surface area (Å²) >= 11 is 1.67. The predicted molar refractivity (Wildman–Crippen MR) is 70.5 cm³/mol. The summed E-state index contributed by atoms with van der Waals surface area (Å²) in [6.07, 6.45) is 3.50. The van der Waals surface area contributed by atoms with Crippen LogP contribution in [0, 0.1) is 0 Å². The number of rotatable bonds is 1. The minimum Gasteiger partial charge on any atom is -0.350 e. The highest BCUT2D eigenvalue weighted by atomic mass is 32.1. The van der Waals surface area contributed by atoms with E-state index in [4.69, 9.17) is 0 Å². The van der Waals surface area contributed by atoms with Gasteiger partial charge in [-0.1, -0.05) is 0 Å². The van der Waals surface area contributed by atoms with Gasteiger partial charge in [-0.15, -0.1) is 11.3 Å². The molecule has 0 aromatic carbocycles. The van der Waals surface area contributed by atoms with Crippen molar-refractivity contribution in [1.82, 2.24) is 9.88 Å². The molecule has 0 spiro atoms. The second-order valence-electron chi connectivity index (χ2n) is 4.72.